The highest BCUT2D eigenvalue weighted by Gasteiger charge is 2.04. The summed E-state index contributed by atoms with van der Waals surface area (Å²) in [5.41, 5.74) is 8.09. The summed E-state index contributed by atoms with van der Waals surface area (Å²) in [6.07, 6.45) is 0.933. The molecule has 3 aromatic rings. The first-order valence-electron chi connectivity index (χ1n) is 6.26. The molecule has 0 fully saturated rings. The summed E-state index contributed by atoms with van der Waals surface area (Å²) in [6, 6.07) is 14.1. The summed E-state index contributed by atoms with van der Waals surface area (Å²) >= 11 is 1.72. The zero-order chi connectivity index (χ0) is 13.1. The molecule has 3 heteroatoms. The largest absolute Gasteiger partial charge is 0.493 e. The van der Waals surface area contributed by atoms with E-state index in [4.69, 9.17) is 10.5 Å². The van der Waals surface area contributed by atoms with E-state index in [1.165, 1.54) is 5.56 Å². The van der Waals surface area contributed by atoms with Crippen LogP contribution in [0, 0.1) is 0 Å². The third-order valence-electron chi connectivity index (χ3n) is 3.15. The van der Waals surface area contributed by atoms with Gasteiger partial charge in [0, 0.05) is 22.9 Å². The van der Waals surface area contributed by atoms with E-state index in [-0.39, 0.29) is 0 Å². The minimum Gasteiger partial charge on any atom is -0.493 e. The first-order chi connectivity index (χ1) is 9.34. The van der Waals surface area contributed by atoms with Crippen molar-refractivity contribution in [2.75, 3.05) is 12.3 Å². The van der Waals surface area contributed by atoms with E-state index in [0.29, 0.717) is 6.61 Å². The van der Waals surface area contributed by atoms with Gasteiger partial charge < -0.3 is 10.5 Å². The lowest BCUT2D eigenvalue weighted by Gasteiger charge is -2.10. The molecule has 0 spiro atoms. The number of benzene rings is 2. The molecule has 2 nitrogen and oxygen atoms in total. The highest BCUT2D eigenvalue weighted by atomic mass is 32.1. The summed E-state index contributed by atoms with van der Waals surface area (Å²) < 4.78 is 5.90. The van der Waals surface area contributed by atoms with Crippen LogP contribution in [0.15, 0.2) is 53.2 Å². The van der Waals surface area contributed by atoms with E-state index in [1.54, 1.807) is 11.3 Å². The standard InChI is InChI=1S/C16H15NOS/c17-15-5-6-16(14-4-2-1-3-13(14)15)18-9-7-12-8-10-19-11-12/h1-6,8,10-11H,7,9,17H2. The Morgan fingerprint density at radius 1 is 1.00 bits per heavy atom. The fraction of sp³-hybridized carbons (Fsp3) is 0.125. The number of rotatable bonds is 4. The van der Waals surface area contributed by atoms with Gasteiger partial charge in [0.1, 0.15) is 5.75 Å². The minimum absolute atomic E-state index is 0.685. The van der Waals surface area contributed by atoms with Crippen LogP contribution >= 0.6 is 11.3 Å². The van der Waals surface area contributed by atoms with E-state index in [1.807, 2.05) is 36.4 Å². The maximum absolute atomic E-state index is 5.98. The zero-order valence-electron chi connectivity index (χ0n) is 10.5. The molecule has 1 heterocycles. The predicted octanol–water partition coefficient (Wildman–Crippen LogP) is 4.11. The molecule has 96 valence electrons. The van der Waals surface area contributed by atoms with Gasteiger partial charge >= 0.3 is 0 Å². The number of fused-ring (bicyclic) bond motifs is 1. The number of hydrogen-bond acceptors (Lipinski definition) is 3. The average Bonchev–Trinajstić information content (AvgIpc) is 2.95. The minimum atomic E-state index is 0.685. The maximum Gasteiger partial charge on any atom is 0.127 e. The van der Waals surface area contributed by atoms with E-state index >= 15 is 0 Å². The lowest BCUT2D eigenvalue weighted by atomic mass is 10.1. The van der Waals surface area contributed by atoms with Crippen molar-refractivity contribution in [3.63, 3.8) is 0 Å². The predicted molar refractivity (Wildman–Crippen MR) is 81.9 cm³/mol. The highest BCUT2D eigenvalue weighted by Crippen LogP contribution is 2.29. The molecule has 0 aliphatic rings. The van der Waals surface area contributed by atoms with Gasteiger partial charge in [0.05, 0.1) is 6.61 Å². The fourth-order valence-electron chi connectivity index (χ4n) is 2.13. The molecule has 0 atom stereocenters. The van der Waals surface area contributed by atoms with Gasteiger partial charge in [-0.05, 0) is 34.5 Å². The number of nitrogens with two attached hydrogens (primary N) is 1. The molecule has 0 aliphatic heterocycles. The molecule has 0 amide bonds. The summed E-state index contributed by atoms with van der Waals surface area (Å²) in [5.74, 6) is 0.903. The second-order valence-electron chi connectivity index (χ2n) is 4.43. The Bertz CT molecular complexity index is 676. The topological polar surface area (TPSA) is 35.2 Å². The molecule has 1 aromatic heterocycles. The van der Waals surface area contributed by atoms with Crippen molar-refractivity contribution < 1.29 is 4.74 Å². The first kappa shape index (κ1) is 12.1. The Kier molecular flexibility index (Phi) is 3.38. The quantitative estimate of drug-likeness (QED) is 0.724. The van der Waals surface area contributed by atoms with Crippen LogP contribution in [-0.2, 0) is 6.42 Å². The molecule has 0 unspecified atom stereocenters. The molecule has 0 radical (unpaired) electrons. The van der Waals surface area contributed by atoms with Gasteiger partial charge in [-0.25, -0.2) is 0 Å². The summed E-state index contributed by atoms with van der Waals surface area (Å²) in [6.45, 7) is 0.685. The molecular formula is C16H15NOS. The SMILES string of the molecule is Nc1ccc(OCCc2ccsc2)c2ccccc12. The number of hydrogen-bond donors (Lipinski definition) is 1. The third kappa shape index (κ3) is 2.56. The van der Waals surface area contributed by atoms with Gasteiger partial charge in [-0.2, -0.15) is 11.3 Å². The molecule has 2 N–H and O–H groups in total. The smallest absolute Gasteiger partial charge is 0.127 e. The van der Waals surface area contributed by atoms with Crippen LogP contribution < -0.4 is 10.5 Å². The molecule has 0 saturated carbocycles. The van der Waals surface area contributed by atoms with Gasteiger partial charge in [-0.15, -0.1) is 0 Å². The van der Waals surface area contributed by atoms with Gasteiger partial charge in [-0.3, -0.25) is 0 Å². The summed E-state index contributed by atoms with van der Waals surface area (Å²) in [4.78, 5) is 0. The van der Waals surface area contributed by atoms with Crippen molar-refractivity contribution in [3.8, 4) is 5.75 Å². The summed E-state index contributed by atoms with van der Waals surface area (Å²) in [5, 5.41) is 6.38. The average molecular weight is 269 g/mol. The number of nitrogen functional groups attached to an aromatic ring is 1. The number of ether oxygens (including phenoxy) is 1. The van der Waals surface area contributed by atoms with Crippen LogP contribution in [-0.4, -0.2) is 6.61 Å². The summed E-state index contributed by atoms with van der Waals surface area (Å²) in [7, 11) is 0. The third-order valence-corrected chi connectivity index (χ3v) is 3.88. The van der Waals surface area contributed by atoms with Gasteiger partial charge in [-0.1, -0.05) is 24.3 Å². The number of thiophene rings is 1. The van der Waals surface area contributed by atoms with Crippen LogP contribution in [0.5, 0.6) is 5.75 Å². The Labute approximate surface area is 116 Å². The molecule has 2 aromatic carbocycles. The van der Waals surface area contributed by atoms with Crippen LogP contribution in [0.25, 0.3) is 10.8 Å². The molecule has 19 heavy (non-hydrogen) atoms. The van der Waals surface area contributed by atoms with E-state index in [0.717, 1.165) is 28.6 Å². The van der Waals surface area contributed by atoms with Crippen molar-refractivity contribution in [1.29, 1.82) is 0 Å². The van der Waals surface area contributed by atoms with Crippen molar-refractivity contribution in [3.05, 3.63) is 58.8 Å². The zero-order valence-corrected chi connectivity index (χ0v) is 11.3. The van der Waals surface area contributed by atoms with Gasteiger partial charge in [0.25, 0.3) is 0 Å². The maximum atomic E-state index is 5.98. The number of anilines is 1. The molecular weight excluding hydrogens is 254 g/mol. The van der Waals surface area contributed by atoms with Gasteiger partial charge in [0.15, 0.2) is 0 Å². The monoisotopic (exact) mass is 269 g/mol. The van der Waals surface area contributed by atoms with Crippen molar-refractivity contribution in [1.82, 2.24) is 0 Å². The van der Waals surface area contributed by atoms with Gasteiger partial charge in [0.2, 0.25) is 0 Å². The lowest BCUT2D eigenvalue weighted by Crippen LogP contribution is -2.01. The highest BCUT2D eigenvalue weighted by molar-refractivity contribution is 7.07. The van der Waals surface area contributed by atoms with Crippen LogP contribution in [0.4, 0.5) is 5.69 Å². The molecule has 0 saturated heterocycles. The van der Waals surface area contributed by atoms with Crippen molar-refractivity contribution >= 4 is 27.8 Å². The van der Waals surface area contributed by atoms with Crippen molar-refractivity contribution in [2.24, 2.45) is 0 Å². The Balaban J connectivity index is 1.79. The molecule has 0 aliphatic carbocycles. The fourth-order valence-corrected chi connectivity index (χ4v) is 2.84. The molecule has 3 rings (SSSR count). The van der Waals surface area contributed by atoms with Crippen LogP contribution in [0.1, 0.15) is 5.56 Å². The van der Waals surface area contributed by atoms with E-state index in [9.17, 15) is 0 Å². The van der Waals surface area contributed by atoms with Crippen molar-refractivity contribution in [2.45, 2.75) is 6.42 Å². The first-order valence-corrected chi connectivity index (χ1v) is 7.20. The Morgan fingerprint density at radius 3 is 2.63 bits per heavy atom. The normalized spacial score (nSPS) is 10.7. The molecule has 0 bridgehead atoms. The van der Waals surface area contributed by atoms with E-state index < -0.39 is 0 Å². The lowest BCUT2D eigenvalue weighted by molar-refractivity contribution is 0.326. The van der Waals surface area contributed by atoms with E-state index in [2.05, 4.69) is 16.8 Å². The van der Waals surface area contributed by atoms with Crippen LogP contribution in [0.3, 0.4) is 0 Å². The van der Waals surface area contributed by atoms with Crippen LogP contribution in [0.2, 0.25) is 0 Å². The second kappa shape index (κ2) is 5.33. The second-order valence-corrected chi connectivity index (χ2v) is 5.21. The Morgan fingerprint density at radius 2 is 1.84 bits per heavy atom. The Hall–Kier alpha value is -2.00.